The zero-order valence-electron chi connectivity index (χ0n) is 15.6. The van der Waals surface area contributed by atoms with Crippen molar-refractivity contribution in [3.05, 3.63) is 29.3 Å². The molecule has 6 nitrogen and oxygen atoms in total. The fourth-order valence-electron chi connectivity index (χ4n) is 3.99. The second kappa shape index (κ2) is 7.48. The van der Waals surface area contributed by atoms with Crippen LogP contribution >= 0.6 is 0 Å². The van der Waals surface area contributed by atoms with Crippen LogP contribution in [0.5, 0.6) is 0 Å². The van der Waals surface area contributed by atoms with Crippen molar-refractivity contribution in [1.29, 1.82) is 0 Å². The molecule has 1 aliphatic heterocycles. The van der Waals surface area contributed by atoms with Gasteiger partial charge in [0.15, 0.2) is 0 Å². The van der Waals surface area contributed by atoms with Crippen LogP contribution < -0.4 is 10.6 Å². The minimum Gasteiger partial charge on any atom is -0.326 e. The van der Waals surface area contributed by atoms with Crippen LogP contribution in [0, 0.1) is 6.92 Å². The number of hydrogen-bond donors (Lipinski definition) is 2. The maximum atomic E-state index is 12.7. The Morgan fingerprint density at radius 2 is 1.96 bits per heavy atom. The summed E-state index contributed by atoms with van der Waals surface area (Å²) in [6.07, 6.45) is 5.33. The highest BCUT2D eigenvalue weighted by Gasteiger charge is 2.51. The minimum absolute atomic E-state index is 0.104. The average Bonchev–Trinajstić information content (AvgIpc) is 2.85. The van der Waals surface area contributed by atoms with Gasteiger partial charge in [0.2, 0.25) is 5.91 Å². The molecule has 1 spiro atoms. The van der Waals surface area contributed by atoms with Gasteiger partial charge in [-0.15, -0.1) is 0 Å². The first-order valence-electron chi connectivity index (χ1n) is 9.49. The lowest BCUT2D eigenvalue weighted by molar-refractivity contribution is -0.132. The molecule has 0 aromatic heterocycles. The third kappa shape index (κ3) is 3.45. The molecule has 1 heterocycles. The van der Waals surface area contributed by atoms with Crippen LogP contribution in [0.2, 0.25) is 0 Å². The number of para-hydroxylation sites is 1. The van der Waals surface area contributed by atoms with Crippen LogP contribution in [0.15, 0.2) is 18.2 Å². The van der Waals surface area contributed by atoms with Gasteiger partial charge in [0.05, 0.1) is 0 Å². The van der Waals surface area contributed by atoms with Crippen molar-refractivity contribution in [3.63, 3.8) is 0 Å². The number of carbonyl (C=O) groups is 3. The van der Waals surface area contributed by atoms with Gasteiger partial charge in [-0.1, -0.05) is 44.4 Å². The first-order chi connectivity index (χ1) is 12.5. The Bertz CT molecular complexity index is 723. The Kier molecular flexibility index (Phi) is 5.30. The minimum atomic E-state index is -0.725. The summed E-state index contributed by atoms with van der Waals surface area (Å²) in [7, 11) is 0. The molecule has 1 saturated heterocycles. The molecule has 0 radical (unpaired) electrons. The van der Waals surface area contributed by atoms with Gasteiger partial charge < -0.3 is 10.6 Å². The van der Waals surface area contributed by atoms with E-state index in [9.17, 15) is 14.4 Å². The molecule has 1 aromatic rings. The van der Waals surface area contributed by atoms with Crippen LogP contribution in [0.25, 0.3) is 0 Å². The van der Waals surface area contributed by atoms with E-state index in [1.807, 2.05) is 32.0 Å². The summed E-state index contributed by atoms with van der Waals surface area (Å²) in [6.45, 7) is 4.12. The molecular formula is C20H27N3O3. The second-order valence-corrected chi connectivity index (χ2v) is 7.29. The molecular weight excluding hydrogens is 330 g/mol. The summed E-state index contributed by atoms with van der Waals surface area (Å²) < 4.78 is 0. The fourth-order valence-corrected chi connectivity index (χ4v) is 3.99. The van der Waals surface area contributed by atoms with E-state index in [1.165, 1.54) is 4.90 Å². The topological polar surface area (TPSA) is 78.5 Å². The van der Waals surface area contributed by atoms with Crippen molar-refractivity contribution < 1.29 is 14.4 Å². The molecule has 26 heavy (non-hydrogen) atoms. The van der Waals surface area contributed by atoms with E-state index in [-0.39, 0.29) is 30.8 Å². The van der Waals surface area contributed by atoms with Gasteiger partial charge in [0.25, 0.3) is 5.91 Å². The highest BCUT2D eigenvalue weighted by molar-refractivity contribution is 6.07. The number of hydrogen-bond acceptors (Lipinski definition) is 3. The van der Waals surface area contributed by atoms with Gasteiger partial charge in [-0.2, -0.15) is 0 Å². The molecule has 140 valence electrons. The second-order valence-electron chi connectivity index (χ2n) is 7.29. The summed E-state index contributed by atoms with van der Waals surface area (Å²) in [4.78, 5) is 38.6. The number of carbonyl (C=O) groups excluding carboxylic acids is 3. The third-order valence-corrected chi connectivity index (χ3v) is 5.52. The van der Waals surface area contributed by atoms with Crippen LogP contribution in [-0.2, 0) is 16.0 Å². The van der Waals surface area contributed by atoms with Crippen LogP contribution in [0.4, 0.5) is 10.5 Å². The third-order valence-electron chi connectivity index (χ3n) is 5.52. The molecule has 1 aromatic carbocycles. The average molecular weight is 357 g/mol. The summed E-state index contributed by atoms with van der Waals surface area (Å²) in [5.41, 5.74) is 2.20. The summed E-state index contributed by atoms with van der Waals surface area (Å²) in [5.74, 6) is -0.348. The molecule has 3 rings (SSSR count). The number of nitrogens with one attached hydrogen (secondary N) is 2. The molecule has 1 saturated carbocycles. The van der Waals surface area contributed by atoms with Gasteiger partial charge in [0.1, 0.15) is 5.54 Å². The van der Waals surface area contributed by atoms with Crippen LogP contribution in [-0.4, -0.2) is 34.8 Å². The maximum Gasteiger partial charge on any atom is 0.325 e. The monoisotopic (exact) mass is 357 g/mol. The Hall–Kier alpha value is -2.37. The lowest BCUT2D eigenvalue weighted by atomic mass is 9.82. The number of amides is 4. The standard InChI is InChI=1S/C20H27N3O3/c1-3-15-9-7-8-14(2)17(15)21-16(24)10-13-23-18(25)20(22-19(23)26)11-5-4-6-12-20/h7-9H,3-6,10-13H2,1-2H3,(H,21,24)(H,22,26). The molecule has 6 heteroatoms. The summed E-state index contributed by atoms with van der Waals surface area (Å²) >= 11 is 0. The van der Waals surface area contributed by atoms with Gasteiger partial charge in [-0.3, -0.25) is 14.5 Å². The SMILES string of the molecule is CCc1cccc(C)c1NC(=O)CCN1C(=O)NC2(CCCCC2)C1=O. The predicted octanol–water partition coefficient (Wildman–Crippen LogP) is 3.14. The van der Waals surface area contributed by atoms with E-state index in [0.29, 0.717) is 12.8 Å². The van der Waals surface area contributed by atoms with Crippen LogP contribution in [0.1, 0.15) is 56.6 Å². The predicted molar refractivity (Wildman–Crippen MR) is 99.9 cm³/mol. The molecule has 2 N–H and O–H groups in total. The zero-order chi connectivity index (χ0) is 18.7. The molecule has 0 bridgehead atoms. The number of benzene rings is 1. The molecule has 1 aliphatic carbocycles. The van der Waals surface area contributed by atoms with Gasteiger partial charge in [-0.05, 0) is 37.3 Å². The number of nitrogens with zero attached hydrogens (tertiary/aromatic N) is 1. The van der Waals surface area contributed by atoms with Crippen molar-refractivity contribution in [1.82, 2.24) is 10.2 Å². The normalized spacial score (nSPS) is 18.9. The van der Waals surface area contributed by atoms with E-state index in [0.717, 1.165) is 42.5 Å². The van der Waals surface area contributed by atoms with E-state index in [4.69, 9.17) is 0 Å². The Balaban J connectivity index is 1.61. The first kappa shape index (κ1) is 18.4. The van der Waals surface area contributed by atoms with Crippen molar-refractivity contribution >= 4 is 23.5 Å². The van der Waals surface area contributed by atoms with E-state index in [2.05, 4.69) is 10.6 Å². The number of urea groups is 1. The van der Waals surface area contributed by atoms with E-state index < -0.39 is 5.54 Å². The van der Waals surface area contributed by atoms with Crippen molar-refractivity contribution in [2.75, 3.05) is 11.9 Å². The molecule has 0 atom stereocenters. The Morgan fingerprint density at radius 3 is 2.65 bits per heavy atom. The van der Waals surface area contributed by atoms with Crippen molar-refractivity contribution in [2.45, 2.75) is 64.3 Å². The van der Waals surface area contributed by atoms with Crippen LogP contribution in [0.3, 0.4) is 0 Å². The van der Waals surface area contributed by atoms with E-state index >= 15 is 0 Å². The number of imide groups is 1. The summed E-state index contributed by atoms with van der Waals surface area (Å²) in [5, 5.41) is 5.82. The van der Waals surface area contributed by atoms with Crippen molar-refractivity contribution in [3.8, 4) is 0 Å². The zero-order valence-corrected chi connectivity index (χ0v) is 15.6. The van der Waals surface area contributed by atoms with Gasteiger partial charge in [0, 0.05) is 18.7 Å². The highest BCUT2D eigenvalue weighted by atomic mass is 16.2. The van der Waals surface area contributed by atoms with Gasteiger partial charge in [-0.25, -0.2) is 4.79 Å². The maximum absolute atomic E-state index is 12.7. The lowest BCUT2D eigenvalue weighted by Crippen LogP contribution is -2.48. The first-order valence-corrected chi connectivity index (χ1v) is 9.49. The molecule has 0 unspecified atom stereocenters. The van der Waals surface area contributed by atoms with E-state index in [1.54, 1.807) is 0 Å². The molecule has 4 amide bonds. The quantitative estimate of drug-likeness (QED) is 0.795. The molecule has 2 aliphatic rings. The Labute approximate surface area is 154 Å². The van der Waals surface area contributed by atoms with Gasteiger partial charge >= 0.3 is 6.03 Å². The summed E-state index contributed by atoms with van der Waals surface area (Å²) in [6, 6.07) is 5.56. The number of rotatable bonds is 5. The largest absolute Gasteiger partial charge is 0.326 e. The fraction of sp³-hybridized carbons (Fsp3) is 0.550. The molecule has 2 fully saturated rings. The Morgan fingerprint density at radius 1 is 1.23 bits per heavy atom. The number of anilines is 1. The smallest absolute Gasteiger partial charge is 0.325 e. The number of aryl methyl sites for hydroxylation is 2. The van der Waals surface area contributed by atoms with Crippen molar-refractivity contribution in [2.24, 2.45) is 0 Å². The highest BCUT2D eigenvalue weighted by Crippen LogP contribution is 2.33. The lowest BCUT2D eigenvalue weighted by Gasteiger charge is -2.30.